The van der Waals surface area contributed by atoms with Crippen LogP contribution in [0.5, 0.6) is 0 Å². The first kappa shape index (κ1) is 13.4. The quantitative estimate of drug-likeness (QED) is 0.332. The lowest BCUT2D eigenvalue weighted by atomic mass is 10.9. The molecule has 0 aliphatic rings. The first-order valence-electron chi connectivity index (χ1n) is 2.63. The Morgan fingerprint density at radius 2 is 1.27 bits per heavy atom. The largest absolute Gasteiger partial charge is 0.394 e. The van der Waals surface area contributed by atoms with Gasteiger partial charge in [-0.3, -0.25) is 9.11 Å². The van der Waals surface area contributed by atoms with Crippen molar-refractivity contribution in [1.82, 2.24) is 0 Å². The van der Waals surface area contributed by atoms with Crippen molar-refractivity contribution in [2.24, 2.45) is 0 Å². The predicted molar refractivity (Wildman–Crippen MR) is 39.2 cm³/mol. The van der Waals surface area contributed by atoms with Crippen LogP contribution in [0.2, 0.25) is 0 Å². The van der Waals surface area contributed by atoms with Crippen LogP contribution >= 0.6 is 0 Å². The third kappa shape index (κ3) is 76.3. The molecule has 11 heavy (non-hydrogen) atoms. The summed E-state index contributed by atoms with van der Waals surface area (Å²) in [4.78, 5) is 4.88. The summed E-state index contributed by atoms with van der Waals surface area (Å²) in [6, 6.07) is 0. The summed E-state index contributed by atoms with van der Waals surface area (Å²) in [5, 5.41) is 0. The van der Waals surface area contributed by atoms with Crippen LogP contribution in [-0.2, 0) is 15.2 Å². The minimum Gasteiger partial charge on any atom is -0.264 e. The molecule has 0 unspecified atom stereocenters. The standard InChI is InChI=1S/C4H12NO.H2O4S/c1-5(2,3)6-4;1-5(2,3)4/h1-4H3;(H2,1,2,3,4)/q+1;. The molecule has 70 valence electrons. The average molecular weight is 188 g/mol. The van der Waals surface area contributed by atoms with Crippen molar-refractivity contribution in [3.05, 3.63) is 0 Å². The topological polar surface area (TPSA) is 83.8 Å². The number of hydrogen-bond acceptors (Lipinski definition) is 3. The van der Waals surface area contributed by atoms with Crippen LogP contribution in [0.25, 0.3) is 0 Å². The highest BCUT2D eigenvalue weighted by Crippen LogP contribution is 1.84. The predicted octanol–water partition coefficient (Wildman–Crippen LogP) is -0.399. The summed E-state index contributed by atoms with van der Waals surface area (Å²) in [6.45, 7) is 0. The highest BCUT2D eigenvalue weighted by atomic mass is 32.3. The number of rotatable bonds is 1. The number of quaternary nitrogens is 1. The summed E-state index contributed by atoms with van der Waals surface area (Å²) >= 11 is 0. The van der Waals surface area contributed by atoms with Crippen molar-refractivity contribution in [2.45, 2.75) is 0 Å². The normalized spacial score (nSPS) is 11.8. The smallest absolute Gasteiger partial charge is 0.264 e. The van der Waals surface area contributed by atoms with Crippen LogP contribution in [0.4, 0.5) is 0 Å². The summed E-state index contributed by atoms with van der Waals surface area (Å²) in [6.07, 6.45) is 0. The van der Waals surface area contributed by atoms with Crippen molar-refractivity contribution >= 4 is 10.4 Å². The van der Waals surface area contributed by atoms with Gasteiger partial charge in [-0.25, -0.2) is 4.84 Å². The molecule has 0 aromatic rings. The van der Waals surface area contributed by atoms with E-state index in [2.05, 4.69) is 0 Å². The molecule has 0 radical (unpaired) electrons. The molecule has 0 atom stereocenters. The highest BCUT2D eigenvalue weighted by molar-refractivity contribution is 7.79. The van der Waals surface area contributed by atoms with Crippen LogP contribution < -0.4 is 0 Å². The molecule has 0 saturated carbocycles. The third-order valence-electron chi connectivity index (χ3n) is 0.548. The van der Waals surface area contributed by atoms with Crippen LogP contribution in [0.15, 0.2) is 0 Å². The van der Waals surface area contributed by atoms with Gasteiger partial charge in [0.1, 0.15) is 0 Å². The van der Waals surface area contributed by atoms with Crippen molar-refractivity contribution in [2.75, 3.05) is 28.3 Å². The first-order valence-corrected chi connectivity index (χ1v) is 4.03. The molecule has 0 heterocycles. The van der Waals surface area contributed by atoms with E-state index in [9.17, 15) is 0 Å². The van der Waals surface area contributed by atoms with Crippen LogP contribution in [0.3, 0.4) is 0 Å². The third-order valence-corrected chi connectivity index (χ3v) is 0.548. The Morgan fingerprint density at radius 1 is 1.18 bits per heavy atom. The van der Waals surface area contributed by atoms with Crippen molar-refractivity contribution < 1.29 is 27.0 Å². The van der Waals surface area contributed by atoms with E-state index < -0.39 is 10.4 Å². The molecular weight excluding hydrogens is 174 g/mol. The molecule has 0 spiro atoms. The van der Waals surface area contributed by atoms with Crippen LogP contribution in [0, 0.1) is 0 Å². The van der Waals surface area contributed by atoms with E-state index in [0.717, 1.165) is 0 Å². The fourth-order valence-corrected chi connectivity index (χ4v) is 0. The second-order valence-corrected chi connectivity index (χ2v) is 3.42. The lowest BCUT2D eigenvalue weighted by Crippen LogP contribution is -2.32. The summed E-state index contributed by atoms with van der Waals surface area (Å²) in [7, 11) is 2.89. The molecule has 0 bridgehead atoms. The Hall–Kier alpha value is -0.210. The highest BCUT2D eigenvalue weighted by Gasteiger charge is 2.00. The maximum absolute atomic E-state index is 8.74. The lowest BCUT2D eigenvalue weighted by Gasteiger charge is -2.17. The van der Waals surface area contributed by atoms with Gasteiger partial charge in [0, 0.05) is 0 Å². The summed E-state index contributed by atoms with van der Waals surface area (Å²) < 4.78 is 32.2. The van der Waals surface area contributed by atoms with E-state index in [1.165, 1.54) is 0 Å². The molecule has 0 saturated heterocycles. The summed E-state index contributed by atoms with van der Waals surface area (Å²) in [5.41, 5.74) is 0. The molecule has 2 N–H and O–H groups in total. The second kappa shape index (κ2) is 4.62. The number of hydrogen-bond donors (Lipinski definition) is 2. The second-order valence-electron chi connectivity index (χ2n) is 2.52. The van der Waals surface area contributed by atoms with E-state index in [1.807, 2.05) is 21.1 Å². The van der Waals surface area contributed by atoms with Crippen molar-refractivity contribution in [3.63, 3.8) is 0 Å². The minimum atomic E-state index is -4.67. The van der Waals surface area contributed by atoms with Gasteiger partial charge >= 0.3 is 10.4 Å². The van der Waals surface area contributed by atoms with Gasteiger partial charge < -0.3 is 0 Å². The van der Waals surface area contributed by atoms with Crippen LogP contribution in [0.1, 0.15) is 0 Å². The van der Waals surface area contributed by atoms with Gasteiger partial charge in [-0.05, 0) is 0 Å². The number of hydroxylamine groups is 3. The molecule has 7 heteroatoms. The van der Waals surface area contributed by atoms with Crippen molar-refractivity contribution in [1.29, 1.82) is 0 Å². The zero-order valence-electron chi connectivity index (χ0n) is 6.97. The maximum atomic E-state index is 8.74. The zero-order chi connectivity index (χ0) is 9.71. The van der Waals surface area contributed by atoms with E-state index in [4.69, 9.17) is 22.4 Å². The van der Waals surface area contributed by atoms with Crippen molar-refractivity contribution in [3.8, 4) is 0 Å². The fraction of sp³-hybridized carbons (Fsp3) is 1.00. The zero-order valence-corrected chi connectivity index (χ0v) is 7.79. The lowest BCUT2D eigenvalue weighted by molar-refractivity contribution is -1.06. The molecule has 0 amide bonds. The fourth-order valence-electron chi connectivity index (χ4n) is 0. The molecule has 6 nitrogen and oxygen atoms in total. The Kier molecular flexibility index (Phi) is 5.63. The molecule has 0 rings (SSSR count). The van der Waals surface area contributed by atoms with Gasteiger partial charge in [-0.1, -0.05) is 0 Å². The van der Waals surface area contributed by atoms with Gasteiger partial charge in [0.2, 0.25) is 0 Å². The van der Waals surface area contributed by atoms with Gasteiger partial charge in [0.05, 0.1) is 28.3 Å². The van der Waals surface area contributed by atoms with E-state index in [-0.39, 0.29) is 0 Å². The molecule has 0 aliphatic carbocycles. The van der Waals surface area contributed by atoms with E-state index in [0.29, 0.717) is 4.65 Å². The Balaban J connectivity index is 0. The molecule has 0 aliphatic heterocycles. The van der Waals surface area contributed by atoms with E-state index >= 15 is 0 Å². The van der Waals surface area contributed by atoms with Gasteiger partial charge in [0.15, 0.2) is 0 Å². The first-order chi connectivity index (χ1) is 4.56. The van der Waals surface area contributed by atoms with Gasteiger partial charge in [-0.2, -0.15) is 13.1 Å². The Morgan fingerprint density at radius 3 is 1.27 bits per heavy atom. The Labute approximate surface area is 66.5 Å². The molecule has 0 aromatic carbocycles. The Bertz CT molecular complexity index is 171. The minimum absolute atomic E-state index is 0.569. The van der Waals surface area contributed by atoms with Gasteiger partial charge in [0.25, 0.3) is 0 Å². The van der Waals surface area contributed by atoms with Gasteiger partial charge in [-0.15, -0.1) is 0 Å². The van der Waals surface area contributed by atoms with E-state index in [1.54, 1.807) is 7.11 Å². The van der Waals surface area contributed by atoms with Crippen LogP contribution in [-0.4, -0.2) is 50.4 Å². The monoisotopic (exact) mass is 188 g/mol. The maximum Gasteiger partial charge on any atom is 0.394 e. The average Bonchev–Trinajstić information content (AvgIpc) is 1.59. The SMILES string of the molecule is CO[N+](C)(C)C.O=S(=O)(O)O. The molecular formula is C4H14NO5S+. The molecule has 0 fully saturated rings. The molecule has 0 aromatic heterocycles. The summed E-state index contributed by atoms with van der Waals surface area (Å²) in [5.74, 6) is 0. The number of nitrogens with zero attached hydrogens (tertiary/aromatic N) is 1.